The van der Waals surface area contributed by atoms with Crippen LogP contribution in [0.1, 0.15) is 41.8 Å². The van der Waals surface area contributed by atoms with Gasteiger partial charge in [-0.25, -0.2) is 4.39 Å². The third-order valence-corrected chi connectivity index (χ3v) is 4.03. The first kappa shape index (κ1) is 18.6. The van der Waals surface area contributed by atoms with Crippen LogP contribution in [0.3, 0.4) is 0 Å². The molecule has 1 N–H and O–H groups in total. The summed E-state index contributed by atoms with van der Waals surface area (Å²) in [5.41, 5.74) is 2.26. The predicted octanol–water partition coefficient (Wildman–Crippen LogP) is 3.04. The fourth-order valence-corrected chi connectivity index (χ4v) is 2.89. The maximum atomic E-state index is 13.0. The number of benzene rings is 1. The van der Waals surface area contributed by atoms with Gasteiger partial charge >= 0.3 is 5.97 Å². The highest BCUT2D eigenvalue weighted by Crippen LogP contribution is 2.26. The summed E-state index contributed by atoms with van der Waals surface area (Å²) in [6.07, 6.45) is 0.136. The molecule has 1 aromatic heterocycles. The molecule has 1 heterocycles. The van der Waals surface area contributed by atoms with Crippen LogP contribution in [0.4, 0.5) is 4.39 Å². The number of hydrogen-bond donors (Lipinski definition) is 1. The number of aliphatic carboxylic acids is 1. The van der Waals surface area contributed by atoms with Gasteiger partial charge in [-0.05, 0) is 37.5 Å². The van der Waals surface area contributed by atoms with Gasteiger partial charge in [-0.3, -0.25) is 9.59 Å². The Kier molecular flexibility index (Phi) is 5.90. The summed E-state index contributed by atoms with van der Waals surface area (Å²) >= 11 is 0. The van der Waals surface area contributed by atoms with Crippen molar-refractivity contribution in [3.05, 3.63) is 52.7 Å². The number of halogens is 1. The average molecular weight is 348 g/mol. The number of hydrogen-bond acceptors (Lipinski definition) is 4. The lowest BCUT2D eigenvalue weighted by molar-refractivity contribution is -0.145. The van der Waals surface area contributed by atoms with Crippen molar-refractivity contribution in [3.63, 3.8) is 0 Å². The molecule has 0 aliphatic carbocycles. The fourth-order valence-electron chi connectivity index (χ4n) is 2.89. The highest BCUT2D eigenvalue weighted by molar-refractivity contribution is 5.82. The van der Waals surface area contributed by atoms with Gasteiger partial charge in [-0.1, -0.05) is 24.2 Å². The quantitative estimate of drug-likeness (QED) is 0.831. The maximum absolute atomic E-state index is 13.0. The fraction of sp³-hybridized carbons (Fsp3) is 0.389. The molecule has 2 rings (SSSR count). The Balaban J connectivity index is 2.12. The van der Waals surface area contributed by atoms with Crippen molar-refractivity contribution in [2.24, 2.45) is 0 Å². The minimum atomic E-state index is -1.10. The molecule has 1 amide bonds. The van der Waals surface area contributed by atoms with Crippen LogP contribution in [0, 0.1) is 19.7 Å². The summed E-state index contributed by atoms with van der Waals surface area (Å²) in [6.45, 7) is 5.16. The molecule has 0 aliphatic heterocycles. The van der Waals surface area contributed by atoms with Crippen LogP contribution in [0.2, 0.25) is 0 Å². The molecule has 6 nitrogen and oxygen atoms in total. The highest BCUT2D eigenvalue weighted by atomic mass is 19.1. The number of carbonyl (C=O) groups excluding carboxylic acids is 1. The molecule has 134 valence electrons. The van der Waals surface area contributed by atoms with Crippen molar-refractivity contribution < 1.29 is 23.6 Å². The molecule has 7 heteroatoms. The van der Waals surface area contributed by atoms with Gasteiger partial charge in [-0.2, -0.15) is 0 Å². The number of amides is 1. The maximum Gasteiger partial charge on any atom is 0.323 e. The first-order chi connectivity index (χ1) is 11.8. The second-order valence-electron chi connectivity index (χ2n) is 6.11. The van der Waals surface area contributed by atoms with Crippen molar-refractivity contribution in [2.45, 2.75) is 39.7 Å². The van der Waals surface area contributed by atoms with Crippen molar-refractivity contribution in [3.8, 4) is 0 Å². The summed E-state index contributed by atoms with van der Waals surface area (Å²) in [5, 5.41) is 13.0. The lowest BCUT2D eigenvalue weighted by Gasteiger charge is -2.23. The van der Waals surface area contributed by atoms with Crippen LogP contribution in [-0.4, -0.2) is 33.6 Å². The van der Waals surface area contributed by atoms with Gasteiger partial charge in [0.25, 0.3) is 0 Å². The molecule has 0 saturated carbocycles. The van der Waals surface area contributed by atoms with Crippen molar-refractivity contribution in [2.75, 3.05) is 6.54 Å². The number of aromatic nitrogens is 1. The highest BCUT2D eigenvalue weighted by Gasteiger charge is 2.23. The van der Waals surface area contributed by atoms with E-state index in [0.29, 0.717) is 11.3 Å². The van der Waals surface area contributed by atoms with Gasteiger partial charge in [0.1, 0.15) is 18.1 Å². The number of aryl methyl sites for hydroxylation is 2. The molecule has 0 spiro atoms. The van der Waals surface area contributed by atoms with Gasteiger partial charge in [-0.15, -0.1) is 0 Å². The van der Waals surface area contributed by atoms with Gasteiger partial charge in [0, 0.05) is 18.5 Å². The van der Waals surface area contributed by atoms with Crippen LogP contribution >= 0.6 is 0 Å². The topological polar surface area (TPSA) is 83.6 Å². The molecule has 0 fully saturated rings. The van der Waals surface area contributed by atoms with E-state index in [0.717, 1.165) is 11.3 Å². The third-order valence-electron chi connectivity index (χ3n) is 4.03. The first-order valence-corrected chi connectivity index (χ1v) is 7.94. The third kappa shape index (κ3) is 4.89. The van der Waals surface area contributed by atoms with Crippen LogP contribution < -0.4 is 0 Å². The zero-order valence-corrected chi connectivity index (χ0v) is 14.5. The summed E-state index contributed by atoms with van der Waals surface area (Å²) in [5.74, 6) is -1.27. The number of carboxylic acid groups (broad SMARTS) is 1. The molecular weight excluding hydrogens is 327 g/mol. The number of rotatable bonds is 7. The largest absolute Gasteiger partial charge is 0.480 e. The Labute approximate surface area is 145 Å². The zero-order valence-electron chi connectivity index (χ0n) is 14.5. The molecule has 2 aromatic rings. The molecule has 25 heavy (non-hydrogen) atoms. The lowest BCUT2D eigenvalue weighted by Crippen LogP contribution is -2.35. The molecule has 1 aromatic carbocycles. The van der Waals surface area contributed by atoms with E-state index in [1.54, 1.807) is 13.8 Å². The van der Waals surface area contributed by atoms with Crippen LogP contribution in [0.15, 0.2) is 28.8 Å². The summed E-state index contributed by atoms with van der Waals surface area (Å²) in [4.78, 5) is 25.0. The Morgan fingerprint density at radius 2 is 1.92 bits per heavy atom. The Morgan fingerprint density at radius 1 is 1.28 bits per heavy atom. The first-order valence-electron chi connectivity index (χ1n) is 7.94. The predicted molar refractivity (Wildman–Crippen MR) is 88.5 cm³/mol. The molecule has 0 saturated heterocycles. The zero-order chi connectivity index (χ0) is 18.6. The number of carbonyl (C=O) groups is 2. The Hall–Kier alpha value is -2.70. The average Bonchev–Trinajstić information content (AvgIpc) is 2.87. The molecule has 0 bridgehead atoms. The smallest absolute Gasteiger partial charge is 0.323 e. The molecule has 0 aliphatic rings. The molecule has 1 atom stereocenters. The van der Waals surface area contributed by atoms with Gasteiger partial charge in [0.05, 0.1) is 5.69 Å². The second-order valence-corrected chi connectivity index (χ2v) is 6.11. The van der Waals surface area contributed by atoms with E-state index < -0.39 is 12.5 Å². The monoisotopic (exact) mass is 348 g/mol. The summed E-state index contributed by atoms with van der Waals surface area (Å²) in [7, 11) is 0. The van der Waals surface area contributed by atoms with E-state index in [2.05, 4.69) is 5.16 Å². The number of nitrogens with zero attached hydrogens (tertiary/aromatic N) is 2. The normalized spacial score (nSPS) is 12.0. The Bertz CT molecular complexity index is 735. The van der Waals surface area contributed by atoms with E-state index >= 15 is 0 Å². The Morgan fingerprint density at radius 3 is 2.44 bits per heavy atom. The van der Waals surface area contributed by atoms with Gasteiger partial charge in [0.2, 0.25) is 5.91 Å². The minimum Gasteiger partial charge on any atom is -0.480 e. The van der Waals surface area contributed by atoms with E-state index in [-0.39, 0.29) is 30.6 Å². The lowest BCUT2D eigenvalue weighted by atomic mass is 9.95. The van der Waals surface area contributed by atoms with Crippen LogP contribution in [0.25, 0.3) is 0 Å². The van der Waals surface area contributed by atoms with Gasteiger partial charge < -0.3 is 14.5 Å². The van der Waals surface area contributed by atoms with Crippen LogP contribution in [0.5, 0.6) is 0 Å². The molecular formula is C18H21FN2O4. The SMILES string of the molecule is Cc1noc(C)c1C(C)CC(=O)N(CC(=O)O)Cc1ccc(F)cc1. The minimum absolute atomic E-state index is 0.111. The molecule has 1 unspecified atom stereocenters. The van der Waals surface area contributed by atoms with Crippen LogP contribution in [-0.2, 0) is 16.1 Å². The van der Waals surface area contributed by atoms with E-state index in [4.69, 9.17) is 9.63 Å². The van der Waals surface area contributed by atoms with Crippen molar-refractivity contribution >= 4 is 11.9 Å². The van der Waals surface area contributed by atoms with Crippen molar-refractivity contribution in [1.29, 1.82) is 0 Å². The molecule has 0 radical (unpaired) electrons. The number of carboxylic acids is 1. The van der Waals surface area contributed by atoms with E-state index in [1.807, 2.05) is 6.92 Å². The van der Waals surface area contributed by atoms with Crippen molar-refractivity contribution in [1.82, 2.24) is 10.1 Å². The summed E-state index contributed by atoms with van der Waals surface area (Å²) < 4.78 is 18.1. The summed E-state index contributed by atoms with van der Waals surface area (Å²) in [6, 6.07) is 5.64. The van der Waals surface area contributed by atoms with E-state index in [9.17, 15) is 14.0 Å². The second kappa shape index (κ2) is 7.92. The standard InChI is InChI=1S/C18H21FN2O4/c1-11(18-12(2)20-25-13(18)3)8-16(22)21(10-17(23)24)9-14-4-6-15(19)7-5-14/h4-7,11H,8-10H2,1-3H3,(H,23,24). The van der Waals surface area contributed by atoms with Gasteiger partial charge in [0.15, 0.2) is 0 Å². The van der Waals surface area contributed by atoms with E-state index in [1.165, 1.54) is 29.2 Å².